The van der Waals surface area contributed by atoms with E-state index >= 15 is 0 Å². The lowest BCUT2D eigenvalue weighted by atomic mass is 10.1. The summed E-state index contributed by atoms with van der Waals surface area (Å²) in [6.45, 7) is 1.81. The number of alkyl halides is 3. The van der Waals surface area contributed by atoms with Crippen molar-refractivity contribution in [2.75, 3.05) is 13.7 Å². The van der Waals surface area contributed by atoms with Crippen molar-refractivity contribution < 1.29 is 23.0 Å². The van der Waals surface area contributed by atoms with Crippen LogP contribution in [0.5, 0.6) is 5.88 Å². The van der Waals surface area contributed by atoms with Crippen molar-refractivity contribution in [1.29, 1.82) is 0 Å². The van der Waals surface area contributed by atoms with E-state index in [1.54, 1.807) is 6.92 Å². The van der Waals surface area contributed by atoms with Gasteiger partial charge >= 0.3 is 5.97 Å². The summed E-state index contributed by atoms with van der Waals surface area (Å²) in [6.07, 6.45) is -3.11. The van der Waals surface area contributed by atoms with Crippen molar-refractivity contribution in [3.63, 3.8) is 0 Å². The monoisotopic (exact) mass is 293 g/mol. The van der Waals surface area contributed by atoms with Gasteiger partial charge in [0, 0.05) is 17.5 Å². The third kappa shape index (κ3) is 4.02. The number of hydrogen-bond donors (Lipinski definition) is 0. The van der Waals surface area contributed by atoms with Crippen LogP contribution < -0.4 is 4.74 Å². The minimum atomic E-state index is -2.77. The van der Waals surface area contributed by atoms with Gasteiger partial charge in [-0.3, -0.25) is 4.79 Å². The second kappa shape index (κ2) is 7.23. The molecule has 1 heterocycles. The first kappa shape index (κ1) is 15.6. The van der Waals surface area contributed by atoms with Gasteiger partial charge in [0.05, 0.1) is 25.8 Å². The van der Waals surface area contributed by atoms with E-state index in [1.807, 2.05) is 0 Å². The van der Waals surface area contributed by atoms with Gasteiger partial charge in [0.25, 0.3) is 6.43 Å². The Morgan fingerprint density at radius 1 is 1.53 bits per heavy atom. The molecule has 0 N–H and O–H groups in total. The quantitative estimate of drug-likeness (QED) is 0.598. The van der Waals surface area contributed by atoms with Crippen LogP contribution in [0.25, 0.3) is 0 Å². The molecule has 0 aliphatic rings. The number of rotatable bonds is 6. The molecule has 0 aliphatic heterocycles. The standard InChI is InChI=1S/C12H14ClF2NO3/c1-3-19-10(17)5-8-11(12(14)15)7(6-13)4-9(16-8)18-2/h4,12H,3,5-6H2,1-2H3. The van der Waals surface area contributed by atoms with Crippen LogP contribution in [-0.4, -0.2) is 24.7 Å². The molecule has 4 nitrogen and oxygen atoms in total. The van der Waals surface area contributed by atoms with Gasteiger partial charge in [0.1, 0.15) is 0 Å². The molecule has 7 heteroatoms. The fourth-order valence-electron chi connectivity index (χ4n) is 1.60. The Kier molecular flexibility index (Phi) is 5.95. The van der Waals surface area contributed by atoms with Gasteiger partial charge < -0.3 is 9.47 Å². The lowest BCUT2D eigenvalue weighted by Gasteiger charge is -2.13. The lowest BCUT2D eigenvalue weighted by Crippen LogP contribution is -2.13. The maximum atomic E-state index is 13.1. The molecule has 0 atom stereocenters. The molecule has 0 unspecified atom stereocenters. The third-order valence-corrected chi connectivity index (χ3v) is 2.68. The van der Waals surface area contributed by atoms with Gasteiger partial charge in [-0.05, 0) is 12.5 Å². The highest BCUT2D eigenvalue weighted by Gasteiger charge is 2.22. The molecule has 0 fully saturated rings. The fourth-order valence-corrected chi connectivity index (χ4v) is 1.82. The maximum Gasteiger partial charge on any atom is 0.311 e. The summed E-state index contributed by atoms with van der Waals surface area (Å²) in [5, 5.41) is 0. The predicted molar refractivity (Wildman–Crippen MR) is 65.6 cm³/mol. The van der Waals surface area contributed by atoms with Gasteiger partial charge in [0.2, 0.25) is 5.88 Å². The number of ether oxygens (including phenoxy) is 2. The minimum absolute atomic E-state index is 0.0662. The van der Waals surface area contributed by atoms with E-state index in [2.05, 4.69) is 4.98 Å². The molecule has 0 aliphatic carbocycles. The lowest BCUT2D eigenvalue weighted by molar-refractivity contribution is -0.142. The van der Waals surface area contributed by atoms with E-state index in [0.717, 1.165) is 0 Å². The zero-order valence-corrected chi connectivity index (χ0v) is 11.3. The normalized spacial score (nSPS) is 10.6. The Labute approximate surface area is 114 Å². The average molecular weight is 294 g/mol. The molecule has 106 valence electrons. The van der Waals surface area contributed by atoms with Crippen LogP contribution in [0.15, 0.2) is 6.07 Å². The number of halogens is 3. The van der Waals surface area contributed by atoms with Crippen LogP contribution in [0.3, 0.4) is 0 Å². The number of carbonyl (C=O) groups is 1. The molecule has 0 saturated carbocycles. The summed E-state index contributed by atoms with van der Waals surface area (Å²) in [5.41, 5.74) is -0.199. The first-order valence-electron chi connectivity index (χ1n) is 5.59. The van der Waals surface area contributed by atoms with E-state index in [-0.39, 0.29) is 41.6 Å². The van der Waals surface area contributed by atoms with Crippen molar-refractivity contribution in [1.82, 2.24) is 4.98 Å². The van der Waals surface area contributed by atoms with Crippen LogP contribution in [0.1, 0.15) is 30.2 Å². The average Bonchev–Trinajstić information content (AvgIpc) is 2.37. The molecule has 19 heavy (non-hydrogen) atoms. The number of methoxy groups -OCH3 is 1. The number of hydrogen-bond acceptors (Lipinski definition) is 4. The van der Waals surface area contributed by atoms with Crippen molar-refractivity contribution >= 4 is 17.6 Å². The molecular weight excluding hydrogens is 280 g/mol. The molecule has 0 radical (unpaired) electrons. The topological polar surface area (TPSA) is 48.4 Å². The van der Waals surface area contributed by atoms with E-state index in [1.165, 1.54) is 13.2 Å². The van der Waals surface area contributed by atoms with Gasteiger partial charge in [-0.15, -0.1) is 11.6 Å². The first-order valence-corrected chi connectivity index (χ1v) is 6.13. The highest BCUT2D eigenvalue weighted by Crippen LogP contribution is 2.30. The SMILES string of the molecule is CCOC(=O)Cc1nc(OC)cc(CCl)c1C(F)F. The highest BCUT2D eigenvalue weighted by atomic mass is 35.5. The molecule has 1 aromatic heterocycles. The molecule has 0 spiro atoms. The van der Waals surface area contributed by atoms with Gasteiger partial charge in [-0.25, -0.2) is 13.8 Å². The molecule has 1 aromatic rings. The second-order valence-corrected chi connectivity index (χ2v) is 3.87. The van der Waals surface area contributed by atoms with Gasteiger partial charge in [0.15, 0.2) is 0 Å². The van der Waals surface area contributed by atoms with Gasteiger partial charge in [-0.2, -0.15) is 0 Å². The summed E-state index contributed by atoms with van der Waals surface area (Å²) in [5.74, 6) is -0.598. The summed E-state index contributed by atoms with van der Waals surface area (Å²) in [6, 6.07) is 1.34. The van der Waals surface area contributed by atoms with Crippen LogP contribution >= 0.6 is 11.6 Å². The largest absolute Gasteiger partial charge is 0.481 e. The van der Waals surface area contributed by atoms with Crippen LogP contribution in [0, 0.1) is 0 Å². The number of carbonyl (C=O) groups excluding carboxylic acids is 1. The van der Waals surface area contributed by atoms with Crippen LogP contribution in [-0.2, 0) is 21.8 Å². The highest BCUT2D eigenvalue weighted by molar-refractivity contribution is 6.17. The molecular formula is C12H14ClF2NO3. The molecule has 1 rings (SSSR count). The number of aromatic nitrogens is 1. The summed E-state index contributed by atoms with van der Waals surface area (Å²) >= 11 is 5.64. The van der Waals surface area contributed by atoms with E-state index in [4.69, 9.17) is 21.1 Å². The Morgan fingerprint density at radius 3 is 2.68 bits per heavy atom. The minimum Gasteiger partial charge on any atom is -0.481 e. The number of pyridine rings is 1. The molecule has 0 saturated heterocycles. The predicted octanol–water partition coefficient (Wildman–Crippen LogP) is 2.87. The van der Waals surface area contributed by atoms with Crippen molar-refractivity contribution in [2.24, 2.45) is 0 Å². The smallest absolute Gasteiger partial charge is 0.311 e. The third-order valence-electron chi connectivity index (χ3n) is 2.39. The molecule has 0 aromatic carbocycles. The van der Waals surface area contributed by atoms with Crippen LogP contribution in [0.2, 0.25) is 0 Å². The zero-order chi connectivity index (χ0) is 14.4. The first-order chi connectivity index (χ1) is 9.03. The Balaban J connectivity index is 3.21. The molecule has 0 amide bonds. The van der Waals surface area contributed by atoms with E-state index in [9.17, 15) is 13.6 Å². The summed E-state index contributed by atoms with van der Waals surface area (Å²) < 4.78 is 35.7. The Bertz CT molecular complexity index is 455. The van der Waals surface area contributed by atoms with Crippen molar-refractivity contribution in [3.05, 3.63) is 22.9 Å². The van der Waals surface area contributed by atoms with Crippen molar-refractivity contribution in [2.45, 2.75) is 25.7 Å². The van der Waals surface area contributed by atoms with Crippen LogP contribution in [0.4, 0.5) is 8.78 Å². The van der Waals surface area contributed by atoms with E-state index < -0.39 is 12.4 Å². The number of esters is 1. The second-order valence-electron chi connectivity index (χ2n) is 3.60. The molecule has 0 bridgehead atoms. The van der Waals surface area contributed by atoms with E-state index in [0.29, 0.717) is 0 Å². The summed E-state index contributed by atoms with van der Waals surface area (Å²) in [4.78, 5) is 15.3. The Hall–Kier alpha value is -1.43. The zero-order valence-electron chi connectivity index (χ0n) is 10.6. The van der Waals surface area contributed by atoms with Crippen molar-refractivity contribution in [3.8, 4) is 5.88 Å². The Morgan fingerprint density at radius 2 is 2.21 bits per heavy atom. The number of nitrogens with zero attached hydrogens (tertiary/aromatic N) is 1. The fraction of sp³-hybridized carbons (Fsp3) is 0.500. The van der Waals surface area contributed by atoms with Gasteiger partial charge in [-0.1, -0.05) is 0 Å². The maximum absolute atomic E-state index is 13.1. The summed E-state index contributed by atoms with van der Waals surface area (Å²) in [7, 11) is 1.36.